The maximum absolute atomic E-state index is 15.0. The standard InChI is InChI=1S/C30H38ClF2N3O3/c1-18-6-7-20(25(32)12-18)13-27(29(38)39)34-10-11-36(19(2)15-34)28(37)24-17-35(30(3,4)5)16-23(24)22-9-8-21(31)14-26(22)33/h6-9,12,14,19,23-24,27H,10-11,13,15-17H2,1-5H3,(H,38,39)/t19-,23-,24+,27-/m0/s1. The van der Waals surface area contributed by atoms with Crippen molar-refractivity contribution < 1.29 is 23.5 Å². The van der Waals surface area contributed by atoms with Crippen molar-refractivity contribution in [2.24, 2.45) is 5.92 Å². The molecule has 0 unspecified atom stereocenters. The summed E-state index contributed by atoms with van der Waals surface area (Å²) in [6, 6.07) is 8.30. The number of likely N-dealkylation sites (tertiary alicyclic amines) is 1. The summed E-state index contributed by atoms with van der Waals surface area (Å²) in [6.45, 7) is 12.1. The largest absolute Gasteiger partial charge is 0.480 e. The molecule has 4 rings (SSSR count). The van der Waals surface area contributed by atoms with Crippen molar-refractivity contribution in [1.82, 2.24) is 14.7 Å². The molecule has 2 fully saturated rings. The number of piperazine rings is 1. The molecule has 9 heteroatoms. The number of rotatable bonds is 6. The second-order valence-corrected chi connectivity index (χ2v) is 12.4. The Balaban J connectivity index is 1.52. The molecule has 0 aromatic heterocycles. The van der Waals surface area contributed by atoms with Gasteiger partial charge in [-0.3, -0.25) is 19.4 Å². The van der Waals surface area contributed by atoms with Crippen LogP contribution in [0.1, 0.15) is 50.3 Å². The molecule has 2 aliphatic heterocycles. The van der Waals surface area contributed by atoms with Crippen LogP contribution < -0.4 is 0 Å². The molecular formula is C30H38ClF2N3O3. The Morgan fingerprint density at radius 3 is 2.36 bits per heavy atom. The minimum absolute atomic E-state index is 0.0448. The summed E-state index contributed by atoms with van der Waals surface area (Å²) in [4.78, 5) is 32.0. The number of aliphatic carboxylic acids is 1. The van der Waals surface area contributed by atoms with E-state index in [1.54, 1.807) is 36.1 Å². The maximum atomic E-state index is 15.0. The average Bonchev–Trinajstić information content (AvgIpc) is 3.29. The van der Waals surface area contributed by atoms with Crippen LogP contribution in [-0.4, -0.2) is 82.0 Å². The van der Waals surface area contributed by atoms with Crippen molar-refractivity contribution in [2.45, 2.75) is 64.6 Å². The number of carbonyl (C=O) groups excluding carboxylic acids is 1. The van der Waals surface area contributed by atoms with E-state index in [0.29, 0.717) is 48.9 Å². The summed E-state index contributed by atoms with van der Waals surface area (Å²) in [7, 11) is 0. The highest BCUT2D eigenvalue weighted by Gasteiger charge is 2.46. The molecule has 2 aromatic rings. The van der Waals surface area contributed by atoms with Gasteiger partial charge in [0.05, 0.1) is 5.92 Å². The zero-order chi connectivity index (χ0) is 28.6. The number of halogens is 3. The molecule has 1 amide bonds. The first-order chi connectivity index (χ1) is 18.3. The van der Waals surface area contributed by atoms with Crippen molar-refractivity contribution >= 4 is 23.5 Å². The van der Waals surface area contributed by atoms with Crippen LogP contribution in [0.2, 0.25) is 5.02 Å². The van der Waals surface area contributed by atoms with E-state index in [2.05, 4.69) is 25.7 Å². The van der Waals surface area contributed by atoms with Crippen LogP contribution in [0.5, 0.6) is 0 Å². The van der Waals surface area contributed by atoms with E-state index in [0.717, 1.165) is 5.56 Å². The van der Waals surface area contributed by atoms with Crippen LogP contribution in [-0.2, 0) is 16.0 Å². The number of hydrogen-bond donors (Lipinski definition) is 1. The lowest BCUT2D eigenvalue weighted by Gasteiger charge is -2.43. The lowest BCUT2D eigenvalue weighted by Crippen LogP contribution is -2.59. The molecule has 212 valence electrons. The van der Waals surface area contributed by atoms with Gasteiger partial charge in [-0.1, -0.05) is 29.8 Å². The van der Waals surface area contributed by atoms with E-state index in [1.165, 1.54) is 12.1 Å². The maximum Gasteiger partial charge on any atom is 0.321 e. The summed E-state index contributed by atoms with van der Waals surface area (Å²) in [5.74, 6) is -2.65. The summed E-state index contributed by atoms with van der Waals surface area (Å²) in [5, 5.41) is 10.3. The molecule has 2 heterocycles. The van der Waals surface area contributed by atoms with E-state index in [-0.39, 0.29) is 29.8 Å². The van der Waals surface area contributed by atoms with Crippen molar-refractivity contribution in [3.05, 3.63) is 69.7 Å². The van der Waals surface area contributed by atoms with Gasteiger partial charge in [-0.2, -0.15) is 0 Å². The summed E-state index contributed by atoms with van der Waals surface area (Å²) >= 11 is 6.00. The topological polar surface area (TPSA) is 64.1 Å². The predicted octanol–water partition coefficient (Wildman–Crippen LogP) is 4.97. The third-order valence-corrected chi connectivity index (χ3v) is 8.47. The molecule has 0 bridgehead atoms. The van der Waals surface area contributed by atoms with Gasteiger partial charge < -0.3 is 10.0 Å². The summed E-state index contributed by atoms with van der Waals surface area (Å²) in [6.07, 6.45) is 0.0448. The molecule has 0 radical (unpaired) electrons. The van der Waals surface area contributed by atoms with Gasteiger partial charge in [-0.05, 0) is 69.5 Å². The van der Waals surface area contributed by atoms with Gasteiger partial charge in [0.15, 0.2) is 0 Å². The minimum Gasteiger partial charge on any atom is -0.480 e. The Morgan fingerprint density at radius 2 is 1.77 bits per heavy atom. The van der Waals surface area contributed by atoms with Crippen LogP contribution in [0.15, 0.2) is 36.4 Å². The van der Waals surface area contributed by atoms with Crippen LogP contribution in [0.25, 0.3) is 0 Å². The number of aryl methyl sites for hydroxylation is 1. The average molecular weight is 562 g/mol. The van der Waals surface area contributed by atoms with Crippen molar-refractivity contribution in [1.29, 1.82) is 0 Å². The predicted molar refractivity (Wildman–Crippen MR) is 148 cm³/mol. The molecule has 6 nitrogen and oxygen atoms in total. The normalized spacial score (nSPS) is 23.7. The minimum atomic E-state index is -1.02. The number of benzene rings is 2. The number of carboxylic acid groups (broad SMARTS) is 1. The molecule has 2 saturated heterocycles. The Kier molecular flexibility index (Phi) is 8.69. The molecule has 4 atom stereocenters. The third-order valence-electron chi connectivity index (χ3n) is 8.24. The fraction of sp³-hybridized carbons (Fsp3) is 0.533. The van der Waals surface area contributed by atoms with Crippen LogP contribution in [0.4, 0.5) is 8.78 Å². The van der Waals surface area contributed by atoms with Gasteiger partial charge in [0.1, 0.15) is 17.7 Å². The first-order valence-electron chi connectivity index (χ1n) is 13.5. The lowest BCUT2D eigenvalue weighted by molar-refractivity contribution is -0.147. The van der Waals surface area contributed by atoms with Crippen LogP contribution >= 0.6 is 11.6 Å². The van der Waals surface area contributed by atoms with Gasteiger partial charge in [0.2, 0.25) is 5.91 Å². The van der Waals surface area contributed by atoms with Crippen molar-refractivity contribution in [3.8, 4) is 0 Å². The molecule has 2 aliphatic rings. The second kappa shape index (κ2) is 11.5. The van der Waals surface area contributed by atoms with Gasteiger partial charge in [0.25, 0.3) is 0 Å². The fourth-order valence-corrected chi connectivity index (χ4v) is 6.09. The molecular weight excluding hydrogens is 524 g/mol. The van der Waals surface area contributed by atoms with Gasteiger partial charge in [-0.25, -0.2) is 8.78 Å². The Morgan fingerprint density at radius 1 is 1.05 bits per heavy atom. The molecule has 0 aliphatic carbocycles. The first kappa shape index (κ1) is 29.4. The summed E-state index contributed by atoms with van der Waals surface area (Å²) in [5.41, 5.74) is 1.43. The quantitative estimate of drug-likeness (QED) is 0.539. The lowest BCUT2D eigenvalue weighted by atomic mass is 9.87. The van der Waals surface area contributed by atoms with Gasteiger partial charge in [-0.15, -0.1) is 0 Å². The zero-order valence-corrected chi connectivity index (χ0v) is 24.0. The molecule has 0 saturated carbocycles. The van der Waals surface area contributed by atoms with Gasteiger partial charge >= 0.3 is 5.97 Å². The third kappa shape index (κ3) is 6.44. The van der Waals surface area contributed by atoms with Gasteiger partial charge in [0, 0.05) is 61.7 Å². The van der Waals surface area contributed by atoms with E-state index in [4.69, 9.17) is 11.6 Å². The van der Waals surface area contributed by atoms with E-state index in [1.807, 2.05) is 11.8 Å². The molecule has 1 N–H and O–H groups in total. The van der Waals surface area contributed by atoms with E-state index < -0.39 is 29.6 Å². The van der Waals surface area contributed by atoms with E-state index >= 15 is 4.39 Å². The Labute approximate surface area is 234 Å². The number of amides is 1. The smallest absolute Gasteiger partial charge is 0.321 e. The van der Waals surface area contributed by atoms with E-state index in [9.17, 15) is 19.1 Å². The monoisotopic (exact) mass is 561 g/mol. The molecule has 2 aromatic carbocycles. The number of carbonyl (C=O) groups is 2. The van der Waals surface area contributed by atoms with Crippen LogP contribution in [0, 0.1) is 24.5 Å². The highest BCUT2D eigenvalue weighted by Crippen LogP contribution is 2.39. The number of nitrogens with zero attached hydrogens (tertiary/aromatic N) is 3. The Bertz CT molecular complexity index is 1230. The van der Waals surface area contributed by atoms with Crippen molar-refractivity contribution in [3.63, 3.8) is 0 Å². The highest BCUT2D eigenvalue weighted by molar-refractivity contribution is 6.30. The molecule has 0 spiro atoms. The molecule has 39 heavy (non-hydrogen) atoms. The SMILES string of the molecule is Cc1ccc(C[C@@H](C(=O)O)N2CCN(C(=O)[C@@H]3CN(C(C)(C)C)C[C@H]3c3ccc(Cl)cc3F)[C@@H](C)C2)c(F)c1. The second-order valence-electron chi connectivity index (χ2n) is 12.0. The highest BCUT2D eigenvalue weighted by atomic mass is 35.5. The fourth-order valence-electron chi connectivity index (χ4n) is 5.93. The van der Waals surface area contributed by atoms with Crippen LogP contribution in [0.3, 0.4) is 0 Å². The Hall–Kier alpha value is -2.55. The van der Waals surface area contributed by atoms with Crippen molar-refractivity contribution in [2.75, 3.05) is 32.7 Å². The number of carboxylic acids is 1. The summed E-state index contributed by atoms with van der Waals surface area (Å²) < 4.78 is 29.5. The zero-order valence-electron chi connectivity index (χ0n) is 23.3. The number of hydrogen-bond acceptors (Lipinski definition) is 4. The first-order valence-corrected chi connectivity index (χ1v) is 13.9.